The van der Waals surface area contributed by atoms with Crippen molar-refractivity contribution in [2.45, 2.75) is 18.9 Å². The van der Waals surface area contributed by atoms with Crippen molar-refractivity contribution < 1.29 is 22.7 Å². The van der Waals surface area contributed by atoms with Gasteiger partial charge in [-0.05, 0) is 48.2 Å². The summed E-state index contributed by atoms with van der Waals surface area (Å²) < 4.78 is 29.3. The SMILES string of the molecule is COC(=O)n1ncc2c(NC(=O)NC3CCc4cc(N5CCS(=O)(=O)CC5)ccc43)cccc21. The number of sulfone groups is 1. The zero-order valence-corrected chi connectivity index (χ0v) is 19.5. The molecule has 2 amide bonds. The molecule has 2 aromatic carbocycles. The third-order valence-corrected chi connectivity index (χ3v) is 8.04. The monoisotopic (exact) mass is 483 g/mol. The van der Waals surface area contributed by atoms with Crippen molar-refractivity contribution in [1.82, 2.24) is 15.1 Å². The third kappa shape index (κ3) is 4.18. The number of anilines is 2. The lowest BCUT2D eigenvalue weighted by Gasteiger charge is -2.29. The number of nitrogens with zero attached hydrogens (tertiary/aromatic N) is 3. The zero-order valence-electron chi connectivity index (χ0n) is 18.7. The summed E-state index contributed by atoms with van der Waals surface area (Å²) in [6, 6.07) is 10.9. The number of methoxy groups -OCH3 is 1. The Bertz CT molecular complexity index is 1370. The lowest BCUT2D eigenvalue weighted by molar-refractivity contribution is 0.170. The molecule has 1 fully saturated rings. The van der Waals surface area contributed by atoms with Crippen LogP contribution in [0.5, 0.6) is 0 Å². The van der Waals surface area contributed by atoms with Gasteiger partial charge in [-0.2, -0.15) is 9.78 Å². The summed E-state index contributed by atoms with van der Waals surface area (Å²) >= 11 is 0. The minimum absolute atomic E-state index is 0.122. The van der Waals surface area contributed by atoms with Gasteiger partial charge in [0.05, 0.1) is 42.1 Å². The average Bonchev–Trinajstić information content (AvgIpc) is 3.43. The molecule has 0 saturated carbocycles. The van der Waals surface area contributed by atoms with Crippen LogP contribution in [0.4, 0.5) is 21.0 Å². The molecule has 1 saturated heterocycles. The maximum Gasteiger partial charge on any atom is 0.434 e. The summed E-state index contributed by atoms with van der Waals surface area (Å²) in [4.78, 5) is 26.8. The Labute approximate surface area is 196 Å². The lowest BCUT2D eigenvalue weighted by atomic mass is 10.1. The van der Waals surface area contributed by atoms with Crippen molar-refractivity contribution in [3.05, 3.63) is 53.7 Å². The van der Waals surface area contributed by atoms with E-state index in [1.807, 2.05) is 12.1 Å². The summed E-state index contributed by atoms with van der Waals surface area (Å²) in [5.74, 6) is 0.361. The fourth-order valence-corrected chi connectivity index (χ4v) is 5.83. The van der Waals surface area contributed by atoms with Crippen LogP contribution in [0.2, 0.25) is 0 Å². The van der Waals surface area contributed by atoms with Crippen LogP contribution in [0.1, 0.15) is 23.6 Å². The molecular formula is C23H25N5O5S. The van der Waals surface area contributed by atoms with Gasteiger partial charge in [0.25, 0.3) is 0 Å². The second kappa shape index (κ2) is 8.64. The first-order valence-electron chi connectivity index (χ1n) is 11.1. The van der Waals surface area contributed by atoms with Crippen LogP contribution < -0.4 is 15.5 Å². The molecular weight excluding hydrogens is 458 g/mol. The van der Waals surface area contributed by atoms with Gasteiger partial charge < -0.3 is 20.3 Å². The topological polar surface area (TPSA) is 123 Å². The standard InChI is InChI=1S/C23H25N5O5S/c1-33-23(30)28-21-4-2-3-19(18(21)14-24-28)25-22(29)26-20-8-5-15-13-16(6-7-17(15)20)27-9-11-34(31,32)12-10-27/h2-4,6-7,13-14,20H,5,8-12H2,1H3,(H2,25,26,29). The molecule has 1 atom stereocenters. The second-order valence-corrected chi connectivity index (χ2v) is 10.8. The molecule has 5 rings (SSSR count). The molecule has 1 aliphatic heterocycles. The van der Waals surface area contributed by atoms with Crippen molar-refractivity contribution >= 4 is 44.2 Å². The number of hydrogen-bond acceptors (Lipinski definition) is 7. The first-order valence-corrected chi connectivity index (χ1v) is 12.9. The highest BCUT2D eigenvalue weighted by atomic mass is 32.2. The summed E-state index contributed by atoms with van der Waals surface area (Å²) in [6.45, 7) is 1.01. The van der Waals surface area contributed by atoms with E-state index in [-0.39, 0.29) is 23.6 Å². The first-order chi connectivity index (χ1) is 16.3. The fourth-order valence-electron chi connectivity index (χ4n) is 4.63. The van der Waals surface area contributed by atoms with Crippen molar-refractivity contribution in [1.29, 1.82) is 0 Å². The number of amides is 2. The number of hydrogen-bond donors (Lipinski definition) is 2. The average molecular weight is 484 g/mol. The molecule has 3 aromatic rings. The van der Waals surface area contributed by atoms with Gasteiger partial charge in [0, 0.05) is 24.2 Å². The Kier molecular flexibility index (Phi) is 5.64. The molecule has 10 nitrogen and oxygen atoms in total. The largest absolute Gasteiger partial charge is 0.451 e. The maximum atomic E-state index is 12.8. The number of ether oxygens (including phenoxy) is 1. The number of carbonyl (C=O) groups excluding carboxylic acids is 2. The molecule has 1 aromatic heterocycles. The zero-order chi connectivity index (χ0) is 23.9. The van der Waals surface area contributed by atoms with E-state index < -0.39 is 15.9 Å². The Hall–Kier alpha value is -3.60. The molecule has 0 radical (unpaired) electrons. The smallest absolute Gasteiger partial charge is 0.434 e. The van der Waals surface area contributed by atoms with Crippen molar-refractivity contribution in [3.63, 3.8) is 0 Å². The Morgan fingerprint density at radius 1 is 1.15 bits per heavy atom. The van der Waals surface area contributed by atoms with E-state index in [2.05, 4.69) is 26.7 Å². The number of fused-ring (bicyclic) bond motifs is 2. The highest BCUT2D eigenvalue weighted by molar-refractivity contribution is 7.91. The van der Waals surface area contributed by atoms with E-state index in [9.17, 15) is 18.0 Å². The number of aromatic nitrogens is 2. The molecule has 11 heteroatoms. The van der Waals surface area contributed by atoms with Gasteiger partial charge in [0.2, 0.25) is 0 Å². The minimum Gasteiger partial charge on any atom is -0.451 e. The van der Waals surface area contributed by atoms with E-state index in [1.54, 1.807) is 18.2 Å². The van der Waals surface area contributed by atoms with Crippen LogP contribution in [0, 0.1) is 0 Å². The Balaban J connectivity index is 1.27. The van der Waals surface area contributed by atoms with Crippen molar-refractivity contribution in [2.24, 2.45) is 0 Å². The molecule has 0 spiro atoms. The minimum atomic E-state index is -2.93. The maximum absolute atomic E-state index is 12.8. The van der Waals surface area contributed by atoms with Gasteiger partial charge in [0.15, 0.2) is 9.84 Å². The molecule has 1 aliphatic carbocycles. The highest BCUT2D eigenvalue weighted by Crippen LogP contribution is 2.34. The van der Waals surface area contributed by atoms with Gasteiger partial charge in [0.1, 0.15) is 0 Å². The third-order valence-electron chi connectivity index (χ3n) is 6.43. The molecule has 1 unspecified atom stereocenters. The van der Waals surface area contributed by atoms with Gasteiger partial charge in [-0.3, -0.25) is 0 Å². The number of carbonyl (C=O) groups is 2. The van der Waals surface area contributed by atoms with Crippen LogP contribution >= 0.6 is 0 Å². The number of urea groups is 1. The van der Waals surface area contributed by atoms with E-state index in [0.29, 0.717) is 29.7 Å². The summed E-state index contributed by atoms with van der Waals surface area (Å²) in [7, 11) is -1.64. The predicted molar refractivity (Wildman–Crippen MR) is 128 cm³/mol. The molecule has 0 bridgehead atoms. The van der Waals surface area contributed by atoms with Crippen LogP contribution in [-0.2, 0) is 21.0 Å². The highest BCUT2D eigenvalue weighted by Gasteiger charge is 2.27. The van der Waals surface area contributed by atoms with Crippen LogP contribution in [-0.4, -0.2) is 62.0 Å². The number of rotatable bonds is 3. The second-order valence-electron chi connectivity index (χ2n) is 8.48. The van der Waals surface area contributed by atoms with Gasteiger partial charge in [-0.15, -0.1) is 0 Å². The van der Waals surface area contributed by atoms with Gasteiger partial charge in [-0.25, -0.2) is 18.0 Å². The van der Waals surface area contributed by atoms with Crippen molar-refractivity contribution in [2.75, 3.05) is 41.9 Å². The molecule has 2 heterocycles. The molecule has 178 valence electrons. The summed E-state index contributed by atoms with van der Waals surface area (Å²) in [5.41, 5.74) is 4.33. The fraction of sp³-hybridized carbons (Fsp3) is 0.348. The number of aryl methyl sites for hydroxylation is 1. The van der Waals surface area contributed by atoms with Crippen LogP contribution in [0.25, 0.3) is 10.9 Å². The summed E-state index contributed by atoms with van der Waals surface area (Å²) in [5, 5.41) is 10.6. The predicted octanol–water partition coefficient (Wildman–Crippen LogP) is 2.69. The van der Waals surface area contributed by atoms with Crippen LogP contribution in [0.15, 0.2) is 42.6 Å². The van der Waals surface area contributed by atoms with Crippen molar-refractivity contribution in [3.8, 4) is 0 Å². The normalized spacial score (nSPS) is 19.0. The van der Waals surface area contributed by atoms with E-state index in [0.717, 1.165) is 34.3 Å². The van der Waals surface area contributed by atoms with Gasteiger partial charge >= 0.3 is 12.1 Å². The molecule has 2 N–H and O–H groups in total. The lowest BCUT2D eigenvalue weighted by Crippen LogP contribution is -2.40. The van der Waals surface area contributed by atoms with E-state index in [4.69, 9.17) is 4.74 Å². The Morgan fingerprint density at radius 2 is 1.94 bits per heavy atom. The van der Waals surface area contributed by atoms with E-state index >= 15 is 0 Å². The van der Waals surface area contributed by atoms with Gasteiger partial charge in [-0.1, -0.05) is 12.1 Å². The van der Waals surface area contributed by atoms with Crippen LogP contribution in [0.3, 0.4) is 0 Å². The number of nitrogens with one attached hydrogen (secondary N) is 2. The molecule has 34 heavy (non-hydrogen) atoms. The Morgan fingerprint density at radius 3 is 2.71 bits per heavy atom. The molecule has 2 aliphatic rings. The number of benzene rings is 2. The first kappa shape index (κ1) is 22.2. The quantitative estimate of drug-likeness (QED) is 0.587. The summed E-state index contributed by atoms with van der Waals surface area (Å²) in [6.07, 6.45) is 2.53. The van der Waals surface area contributed by atoms with E-state index in [1.165, 1.54) is 13.3 Å².